The number of carboxylic acids is 1. The second kappa shape index (κ2) is 7.06. The quantitative estimate of drug-likeness (QED) is 0.828. The second-order valence-electron chi connectivity index (χ2n) is 4.03. The molecule has 5 heteroatoms. The standard InChI is InChI=1S/C13H17NO3S/c1-9(18-2)7-12(15)14-8-10-3-5-11(6-4-10)13(16)17/h3-6,9H,7-8H2,1-2H3,(H,14,15)(H,16,17). The molecule has 0 radical (unpaired) electrons. The molecule has 0 aliphatic heterocycles. The summed E-state index contributed by atoms with van der Waals surface area (Å²) in [5.74, 6) is -0.932. The maximum Gasteiger partial charge on any atom is 0.335 e. The lowest BCUT2D eigenvalue weighted by atomic mass is 10.1. The summed E-state index contributed by atoms with van der Waals surface area (Å²) in [6, 6.07) is 6.49. The zero-order valence-electron chi connectivity index (χ0n) is 10.5. The van der Waals surface area contributed by atoms with Crippen LogP contribution in [0.4, 0.5) is 0 Å². The summed E-state index contributed by atoms with van der Waals surface area (Å²) in [6.07, 6.45) is 2.47. The lowest BCUT2D eigenvalue weighted by Crippen LogP contribution is -2.25. The Morgan fingerprint density at radius 1 is 1.33 bits per heavy atom. The van der Waals surface area contributed by atoms with E-state index in [1.54, 1.807) is 23.9 Å². The first-order chi connectivity index (χ1) is 8.52. The largest absolute Gasteiger partial charge is 0.478 e. The Morgan fingerprint density at radius 3 is 2.44 bits per heavy atom. The van der Waals surface area contributed by atoms with Crippen LogP contribution in [0.25, 0.3) is 0 Å². The number of benzene rings is 1. The van der Waals surface area contributed by atoms with Crippen LogP contribution in [0.1, 0.15) is 29.3 Å². The average Bonchev–Trinajstić information content (AvgIpc) is 2.36. The third kappa shape index (κ3) is 4.79. The van der Waals surface area contributed by atoms with Crippen molar-refractivity contribution in [3.05, 3.63) is 35.4 Å². The molecule has 1 unspecified atom stereocenters. The van der Waals surface area contributed by atoms with Gasteiger partial charge in [0, 0.05) is 18.2 Å². The molecule has 0 fully saturated rings. The van der Waals surface area contributed by atoms with Crippen LogP contribution in [0.15, 0.2) is 24.3 Å². The third-order valence-corrected chi connectivity index (χ3v) is 3.54. The fourth-order valence-corrected chi connectivity index (χ4v) is 1.70. The third-order valence-electron chi connectivity index (χ3n) is 2.57. The summed E-state index contributed by atoms with van der Waals surface area (Å²) < 4.78 is 0. The highest BCUT2D eigenvalue weighted by Crippen LogP contribution is 2.09. The zero-order valence-corrected chi connectivity index (χ0v) is 11.3. The van der Waals surface area contributed by atoms with Crippen LogP contribution in [0, 0.1) is 0 Å². The van der Waals surface area contributed by atoms with Crippen molar-refractivity contribution in [1.82, 2.24) is 5.32 Å². The topological polar surface area (TPSA) is 66.4 Å². The van der Waals surface area contributed by atoms with Crippen LogP contribution in [-0.2, 0) is 11.3 Å². The van der Waals surface area contributed by atoms with E-state index in [0.717, 1.165) is 5.56 Å². The van der Waals surface area contributed by atoms with E-state index in [4.69, 9.17) is 5.11 Å². The summed E-state index contributed by atoms with van der Waals surface area (Å²) in [6.45, 7) is 2.44. The van der Waals surface area contributed by atoms with Crippen molar-refractivity contribution in [1.29, 1.82) is 0 Å². The van der Waals surface area contributed by atoms with E-state index < -0.39 is 5.97 Å². The highest BCUT2D eigenvalue weighted by Gasteiger charge is 2.07. The van der Waals surface area contributed by atoms with Gasteiger partial charge in [0.05, 0.1) is 5.56 Å². The second-order valence-corrected chi connectivity index (χ2v) is 5.31. The molecule has 0 heterocycles. The van der Waals surface area contributed by atoms with E-state index in [0.29, 0.717) is 18.2 Å². The molecule has 0 saturated carbocycles. The molecule has 0 bridgehead atoms. The molecule has 1 amide bonds. The molecule has 4 nitrogen and oxygen atoms in total. The van der Waals surface area contributed by atoms with E-state index in [2.05, 4.69) is 5.32 Å². The molecular weight excluding hydrogens is 250 g/mol. The molecule has 1 atom stereocenters. The van der Waals surface area contributed by atoms with Crippen LogP contribution < -0.4 is 5.32 Å². The van der Waals surface area contributed by atoms with Crippen LogP contribution in [-0.4, -0.2) is 28.5 Å². The number of aromatic carboxylic acids is 1. The van der Waals surface area contributed by atoms with Crippen molar-refractivity contribution in [2.75, 3.05) is 6.26 Å². The predicted octanol–water partition coefficient (Wildman–Crippen LogP) is 2.14. The number of amides is 1. The highest BCUT2D eigenvalue weighted by molar-refractivity contribution is 7.99. The van der Waals surface area contributed by atoms with Gasteiger partial charge in [0.2, 0.25) is 5.91 Å². The van der Waals surface area contributed by atoms with Crippen molar-refractivity contribution in [3.8, 4) is 0 Å². The molecule has 1 rings (SSSR count). The van der Waals surface area contributed by atoms with Crippen molar-refractivity contribution < 1.29 is 14.7 Å². The van der Waals surface area contributed by atoms with E-state index >= 15 is 0 Å². The number of rotatable bonds is 6. The Hall–Kier alpha value is -1.49. The summed E-state index contributed by atoms with van der Waals surface area (Å²) in [7, 11) is 0. The highest BCUT2D eigenvalue weighted by atomic mass is 32.2. The number of hydrogen-bond acceptors (Lipinski definition) is 3. The SMILES string of the molecule is CSC(C)CC(=O)NCc1ccc(C(=O)O)cc1. The fraction of sp³-hybridized carbons (Fsp3) is 0.385. The van der Waals surface area contributed by atoms with Gasteiger partial charge in [0.1, 0.15) is 0 Å². The van der Waals surface area contributed by atoms with E-state index in [-0.39, 0.29) is 11.5 Å². The van der Waals surface area contributed by atoms with Gasteiger partial charge in [0.25, 0.3) is 0 Å². The minimum absolute atomic E-state index is 0.0131. The Labute approximate surface area is 111 Å². The van der Waals surface area contributed by atoms with Crippen LogP contribution in [0.2, 0.25) is 0 Å². The molecule has 18 heavy (non-hydrogen) atoms. The Bertz CT molecular complexity index is 417. The predicted molar refractivity (Wildman–Crippen MR) is 72.8 cm³/mol. The first-order valence-electron chi connectivity index (χ1n) is 5.64. The van der Waals surface area contributed by atoms with Crippen molar-refractivity contribution >= 4 is 23.6 Å². The van der Waals surface area contributed by atoms with E-state index in [1.165, 1.54) is 12.1 Å². The molecule has 0 aromatic heterocycles. The maximum absolute atomic E-state index is 11.5. The molecule has 0 aliphatic rings. The van der Waals surface area contributed by atoms with Crippen LogP contribution >= 0.6 is 11.8 Å². The first kappa shape index (κ1) is 14.6. The lowest BCUT2D eigenvalue weighted by Gasteiger charge is -2.09. The van der Waals surface area contributed by atoms with Crippen LogP contribution in [0.3, 0.4) is 0 Å². The molecule has 1 aromatic rings. The summed E-state index contributed by atoms with van der Waals surface area (Å²) in [5.41, 5.74) is 1.14. The maximum atomic E-state index is 11.5. The molecule has 0 aliphatic carbocycles. The van der Waals surface area contributed by atoms with Gasteiger partial charge in [-0.25, -0.2) is 4.79 Å². The van der Waals surface area contributed by atoms with Crippen molar-refractivity contribution in [2.24, 2.45) is 0 Å². The number of nitrogens with one attached hydrogen (secondary N) is 1. The number of thioether (sulfide) groups is 1. The van der Waals surface area contributed by atoms with Gasteiger partial charge < -0.3 is 10.4 Å². The van der Waals surface area contributed by atoms with Gasteiger partial charge in [-0.3, -0.25) is 4.79 Å². The fourth-order valence-electron chi connectivity index (χ4n) is 1.38. The van der Waals surface area contributed by atoms with Crippen LogP contribution in [0.5, 0.6) is 0 Å². The van der Waals surface area contributed by atoms with Crippen molar-refractivity contribution in [3.63, 3.8) is 0 Å². The minimum atomic E-state index is -0.945. The molecule has 0 saturated heterocycles. The molecule has 2 N–H and O–H groups in total. The van der Waals surface area contributed by atoms with Crippen molar-refractivity contribution in [2.45, 2.75) is 25.1 Å². The van der Waals surface area contributed by atoms with Gasteiger partial charge in [-0.1, -0.05) is 19.1 Å². The minimum Gasteiger partial charge on any atom is -0.478 e. The number of carbonyl (C=O) groups is 2. The van der Waals surface area contributed by atoms with E-state index in [9.17, 15) is 9.59 Å². The monoisotopic (exact) mass is 267 g/mol. The summed E-state index contributed by atoms with van der Waals surface area (Å²) >= 11 is 1.65. The van der Waals surface area contributed by atoms with Gasteiger partial charge >= 0.3 is 5.97 Å². The van der Waals surface area contributed by atoms with Gasteiger partial charge in [-0.2, -0.15) is 11.8 Å². The Morgan fingerprint density at radius 2 is 1.94 bits per heavy atom. The normalized spacial score (nSPS) is 11.9. The smallest absolute Gasteiger partial charge is 0.335 e. The molecular formula is C13H17NO3S. The molecule has 98 valence electrons. The average molecular weight is 267 g/mol. The Balaban J connectivity index is 2.44. The molecule has 0 spiro atoms. The Kier molecular flexibility index (Phi) is 5.71. The number of carboxylic acid groups (broad SMARTS) is 1. The van der Waals surface area contributed by atoms with Gasteiger partial charge in [0.15, 0.2) is 0 Å². The lowest BCUT2D eigenvalue weighted by molar-refractivity contribution is -0.121. The van der Waals surface area contributed by atoms with Gasteiger partial charge in [-0.05, 0) is 24.0 Å². The summed E-state index contributed by atoms with van der Waals surface area (Å²) in [4.78, 5) is 22.2. The summed E-state index contributed by atoms with van der Waals surface area (Å²) in [5, 5.41) is 11.9. The number of hydrogen-bond donors (Lipinski definition) is 2. The van der Waals surface area contributed by atoms with Gasteiger partial charge in [-0.15, -0.1) is 0 Å². The molecule has 1 aromatic carbocycles. The first-order valence-corrected chi connectivity index (χ1v) is 6.93. The number of carbonyl (C=O) groups excluding carboxylic acids is 1. The zero-order chi connectivity index (χ0) is 13.5. The van der Waals surface area contributed by atoms with E-state index in [1.807, 2.05) is 13.2 Å².